The summed E-state index contributed by atoms with van der Waals surface area (Å²) in [5.74, 6) is 0.0436. The van der Waals surface area contributed by atoms with Crippen LogP contribution in [-0.2, 0) is 55.8 Å². The molecule has 4 heterocycles. The first-order valence-corrected chi connectivity index (χ1v) is 15.6. The Morgan fingerprint density at radius 1 is 0.690 bits per heavy atom. The van der Waals surface area contributed by atoms with Gasteiger partial charge >= 0.3 is 0 Å². The van der Waals surface area contributed by atoms with Gasteiger partial charge in [-0.15, -0.1) is 31.7 Å². The van der Waals surface area contributed by atoms with Crippen LogP contribution in [0.25, 0.3) is 21.8 Å². The number of hydrogen-bond donors (Lipinski definition) is 1. The molecule has 0 spiro atoms. The van der Waals surface area contributed by atoms with Crippen molar-refractivity contribution >= 4 is 61.3 Å². The van der Waals surface area contributed by atoms with Crippen molar-refractivity contribution in [2.75, 3.05) is 5.32 Å². The Kier molecular flexibility index (Phi) is 8.20. The molecule has 0 unspecified atom stereocenters. The van der Waals surface area contributed by atoms with E-state index in [1.807, 2.05) is 67.5 Å². The first-order valence-electron chi connectivity index (χ1n) is 13.9. The van der Waals surface area contributed by atoms with Crippen molar-refractivity contribution in [3.05, 3.63) is 87.1 Å². The fraction of sp³-hybridized carbons (Fsp3) is 0.290. The topological polar surface area (TPSA) is 108 Å². The van der Waals surface area contributed by atoms with Gasteiger partial charge in [0.1, 0.15) is 20.8 Å². The van der Waals surface area contributed by atoms with Gasteiger partial charge in [0.05, 0.1) is 12.8 Å². The molecule has 0 saturated carbocycles. The molecule has 1 N–H and O–H groups in total. The molecular formula is C31H31N7O2S2. The quantitative estimate of drug-likeness (QED) is 0.187. The normalized spacial score (nSPS) is 11.5. The van der Waals surface area contributed by atoms with Crippen LogP contribution in [0.4, 0.5) is 5.13 Å². The Morgan fingerprint density at radius 3 is 1.90 bits per heavy atom. The smallest absolute Gasteiger partial charge is 0.230 e. The molecule has 0 fully saturated rings. The minimum Gasteiger partial charge on any atom is -0.350 e. The van der Waals surface area contributed by atoms with Gasteiger partial charge in [-0.1, -0.05) is 47.7 Å². The highest BCUT2D eigenvalue weighted by Crippen LogP contribution is 2.24. The minimum atomic E-state index is -0.100. The van der Waals surface area contributed by atoms with Gasteiger partial charge in [0.2, 0.25) is 11.0 Å². The summed E-state index contributed by atoms with van der Waals surface area (Å²) in [6.07, 6.45) is 8.47. The number of carbonyl (C=O) groups is 2. The molecule has 0 bridgehead atoms. The van der Waals surface area contributed by atoms with E-state index in [4.69, 9.17) is 0 Å². The van der Waals surface area contributed by atoms with Gasteiger partial charge < -0.3 is 14.5 Å². The third kappa shape index (κ3) is 6.32. The SMILES string of the molecule is Cn1cc(CC(=O)Cc2nnc(CCCCc3nnc(NC(=O)Cc4cn(C)c5ccccc45)s3)s2)c2ccccc21. The molecule has 6 aromatic rings. The average molecular weight is 598 g/mol. The van der Waals surface area contributed by atoms with Crippen molar-refractivity contribution in [3.8, 4) is 0 Å². The van der Waals surface area contributed by atoms with Crippen molar-refractivity contribution in [2.24, 2.45) is 14.1 Å². The summed E-state index contributed by atoms with van der Waals surface area (Å²) in [4.78, 5) is 25.4. The summed E-state index contributed by atoms with van der Waals surface area (Å²) in [6, 6.07) is 16.2. The summed E-state index contributed by atoms with van der Waals surface area (Å²) >= 11 is 2.93. The van der Waals surface area contributed by atoms with Gasteiger partial charge in [-0.25, -0.2) is 0 Å². The van der Waals surface area contributed by atoms with Crippen LogP contribution in [-0.4, -0.2) is 41.2 Å². The van der Waals surface area contributed by atoms with Crippen LogP contribution in [0.1, 0.15) is 39.0 Å². The lowest BCUT2D eigenvalue weighted by molar-refractivity contribution is -0.118. The monoisotopic (exact) mass is 597 g/mol. The minimum absolute atomic E-state index is 0.100. The van der Waals surface area contributed by atoms with E-state index in [2.05, 4.69) is 42.4 Å². The largest absolute Gasteiger partial charge is 0.350 e. The zero-order valence-corrected chi connectivity index (χ0v) is 25.2. The fourth-order valence-electron chi connectivity index (χ4n) is 5.33. The van der Waals surface area contributed by atoms with E-state index in [9.17, 15) is 9.59 Å². The van der Waals surface area contributed by atoms with Crippen LogP contribution in [0.2, 0.25) is 0 Å². The number of aryl methyl sites for hydroxylation is 4. The van der Waals surface area contributed by atoms with Crippen molar-refractivity contribution < 1.29 is 9.59 Å². The predicted octanol–water partition coefficient (Wildman–Crippen LogP) is 5.47. The Balaban J connectivity index is 0.935. The standard InChI is InChI=1S/C31H31N7O2S2/c1-37-18-20(23-9-3-5-11-25(23)37)15-22(39)17-30-35-33-28(41-30)13-7-8-14-29-34-36-31(42-29)32-27(40)16-21-19-38(2)26-12-6-4-10-24(21)26/h3-6,9-12,18-19H,7-8,13-17H2,1-2H3,(H,32,36,40). The maximum atomic E-state index is 12.8. The van der Waals surface area contributed by atoms with Gasteiger partial charge in [0.25, 0.3) is 0 Å². The number of anilines is 1. The fourth-order valence-corrected chi connectivity index (χ4v) is 7.04. The summed E-state index contributed by atoms with van der Waals surface area (Å²) < 4.78 is 4.10. The number of unbranched alkanes of at least 4 members (excludes halogenated alkanes) is 1. The molecule has 214 valence electrons. The zero-order chi connectivity index (χ0) is 29.1. The van der Waals surface area contributed by atoms with Crippen molar-refractivity contribution in [2.45, 2.75) is 44.9 Å². The van der Waals surface area contributed by atoms with Crippen LogP contribution >= 0.6 is 22.7 Å². The first-order chi connectivity index (χ1) is 20.4. The predicted molar refractivity (Wildman–Crippen MR) is 167 cm³/mol. The molecule has 0 saturated heterocycles. The maximum Gasteiger partial charge on any atom is 0.230 e. The number of hydrogen-bond acceptors (Lipinski definition) is 8. The molecule has 1 amide bonds. The van der Waals surface area contributed by atoms with Crippen LogP contribution in [0.3, 0.4) is 0 Å². The molecule has 0 aliphatic rings. The molecule has 0 radical (unpaired) electrons. The van der Waals surface area contributed by atoms with Crippen LogP contribution < -0.4 is 5.32 Å². The van der Waals surface area contributed by atoms with Gasteiger partial charge in [-0.05, 0) is 36.1 Å². The highest BCUT2D eigenvalue weighted by atomic mass is 32.1. The Labute approximate surface area is 251 Å². The molecule has 0 atom stereocenters. The van der Waals surface area contributed by atoms with Gasteiger partial charge in [0, 0.05) is 67.6 Å². The highest BCUT2D eigenvalue weighted by Gasteiger charge is 2.15. The maximum absolute atomic E-state index is 12.8. The van der Waals surface area contributed by atoms with E-state index in [0.29, 0.717) is 18.0 Å². The molecule has 2 aromatic carbocycles. The molecule has 42 heavy (non-hydrogen) atoms. The van der Waals surface area contributed by atoms with E-state index in [1.54, 1.807) is 0 Å². The second-order valence-corrected chi connectivity index (χ2v) is 12.7. The number of rotatable bonds is 12. The van der Waals surface area contributed by atoms with E-state index in [-0.39, 0.29) is 18.1 Å². The molecule has 0 aliphatic heterocycles. The number of fused-ring (bicyclic) bond motifs is 2. The number of nitrogens with one attached hydrogen (secondary N) is 1. The van der Waals surface area contributed by atoms with Crippen molar-refractivity contribution in [3.63, 3.8) is 0 Å². The number of ketones is 1. The van der Waals surface area contributed by atoms with Crippen LogP contribution in [0, 0.1) is 0 Å². The summed E-state index contributed by atoms with van der Waals surface area (Å²) in [5.41, 5.74) is 4.27. The number of benzene rings is 2. The lowest BCUT2D eigenvalue weighted by Gasteiger charge is -2.00. The molecule has 6 rings (SSSR count). The number of carbonyl (C=O) groups excluding carboxylic acids is 2. The van der Waals surface area contributed by atoms with Gasteiger partial charge in [0.15, 0.2) is 0 Å². The lowest BCUT2D eigenvalue weighted by Crippen LogP contribution is -2.14. The average Bonchev–Trinajstić information content (AvgIpc) is 3.75. The number of aromatic nitrogens is 6. The Bertz CT molecular complexity index is 1740. The van der Waals surface area contributed by atoms with Crippen LogP contribution in [0.15, 0.2) is 60.9 Å². The molecule has 0 aliphatic carbocycles. The van der Waals surface area contributed by atoms with Crippen molar-refractivity contribution in [1.82, 2.24) is 29.5 Å². The van der Waals surface area contributed by atoms with Crippen LogP contribution in [0.5, 0.6) is 0 Å². The van der Waals surface area contributed by atoms with Crippen molar-refractivity contribution in [1.29, 1.82) is 0 Å². The number of Topliss-reactive ketones (excluding diaryl/α,β-unsaturated/α-hetero) is 1. The lowest BCUT2D eigenvalue weighted by atomic mass is 10.1. The van der Waals surface area contributed by atoms with E-state index in [0.717, 1.165) is 73.6 Å². The number of amides is 1. The molecular weight excluding hydrogens is 567 g/mol. The van der Waals surface area contributed by atoms with E-state index in [1.165, 1.54) is 22.7 Å². The van der Waals surface area contributed by atoms with Gasteiger partial charge in [-0.2, -0.15) is 0 Å². The zero-order valence-electron chi connectivity index (χ0n) is 23.5. The Morgan fingerprint density at radius 2 is 1.24 bits per heavy atom. The second-order valence-electron chi connectivity index (χ2n) is 10.5. The number of nitrogens with zero attached hydrogens (tertiary/aromatic N) is 6. The first kappa shape index (κ1) is 27.9. The summed E-state index contributed by atoms with van der Waals surface area (Å²) in [6.45, 7) is 0. The molecule has 4 aromatic heterocycles. The second kappa shape index (κ2) is 12.3. The van der Waals surface area contributed by atoms with E-state index >= 15 is 0 Å². The number of para-hydroxylation sites is 2. The molecule has 11 heteroatoms. The Hall–Kier alpha value is -4.22. The third-order valence-electron chi connectivity index (χ3n) is 7.30. The van der Waals surface area contributed by atoms with Gasteiger partial charge in [-0.3, -0.25) is 9.59 Å². The summed E-state index contributed by atoms with van der Waals surface area (Å²) in [7, 11) is 3.99. The molecule has 9 nitrogen and oxygen atoms in total. The third-order valence-corrected chi connectivity index (χ3v) is 9.18. The summed E-state index contributed by atoms with van der Waals surface area (Å²) in [5, 5.41) is 25.2. The highest BCUT2D eigenvalue weighted by molar-refractivity contribution is 7.15. The van der Waals surface area contributed by atoms with E-state index < -0.39 is 0 Å².